The summed E-state index contributed by atoms with van der Waals surface area (Å²) in [4.78, 5) is 0. The molecule has 1 heterocycles. The van der Waals surface area contributed by atoms with Gasteiger partial charge in [0.05, 0.1) is 41.7 Å². The number of benzene rings is 2. The largest absolute Gasteiger partial charge is 0.502 e. The monoisotopic (exact) mass is 554 g/mol. The number of hydrogen-bond acceptors (Lipinski definition) is 12. The predicted molar refractivity (Wildman–Crippen MR) is 138 cm³/mol. The fourth-order valence-corrected chi connectivity index (χ4v) is 4.62. The molecule has 3 rings (SSSR count). The third-order valence-electron chi connectivity index (χ3n) is 6.90. The van der Waals surface area contributed by atoms with Gasteiger partial charge in [-0.3, -0.25) is 0 Å². The summed E-state index contributed by atoms with van der Waals surface area (Å²) in [5.74, 6) is -0.241. The number of hydrogen-bond donors (Lipinski definition) is 6. The first-order valence-corrected chi connectivity index (χ1v) is 12.4. The van der Waals surface area contributed by atoms with Gasteiger partial charge < -0.3 is 59.1 Å². The summed E-state index contributed by atoms with van der Waals surface area (Å²) in [5, 5.41) is 61.2. The topological polar surface area (TPSA) is 177 Å². The lowest BCUT2D eigenvalue weighted by molar-refractivity contribution is -0.273. The standard InChI is InChI=1S/C27H38O12/c1-34-19-7-14(8-20(35-2)24(19)31)5-16(11-28)17(12-38-27-26(33)23(30)18(29)13-39-27)6-15-9-21(36-3)25(32)22(10-15)37-4/h7-10,16-18,23,26-33H,5-6,11-13H2,1-4H3/t16-,17-,18+,23-,26+,27?/m0/s1. The third-order valence-corrected chi connectivity index (χ3v) is 6.90. The highest BCUT2D eigenvalue weighted by atomic mass is 16.7. The molecular formula is C27H38O12. The molecule has 0 aromatic heterocycles. The van der Waals surface area contributed by atoms with Crippen molar-refractivity contribution in [2.45, 2.75) is 37.4 Å². The summed E-state index contributed by atoms with van der Waals surface area (Å²) in [5.41, 5.74) is 1.44. The Hall–Kier alpha value is -3.00. The van der Waals surface area contributed by atoms with Crippen molar-refractivity contribution < 1.29 is 59.1 Å². The van der Waals surface area contributed by atoms with Crippen molar-refractivity contribution in [2.75, 3.05) is 48.3 Å². The van der Waals surface area contributed by atoms with Crippen molar-refractivity contribution in [1.29, 1.82) is 0 Å². The van der Waals surface area contributed by atoms with Crippen LogP contribution in [0.2, 0.25) is 0 Å². The minimum absolute atomic E-state index is 0.00632. The van der Waals surface area contributed by atoms with Crippen molar-refractivity contribution in [2.24, 2.45) is 11.8 Å². The molecule has 0 radical (unpaired) electrons. The Kier molecular flexibility index (Phi) is 10.9. The van der Waals surface area contributed by atoms with E-state index < -0.39 is 30.5 Å². The van der Waals surface area contributed by atoms with Crippen LogP contribution in [0.3, 0.4) is 0 Å². The van der Waals surface area contributed by atoms with Crippen LogP contribution in [0.4, 0.5) is 0 Å². The number of aliphatic hydroxyl groups excluding tert-OH is 4. The van der Waals surface area contributed by atoms with Crippen molar-refractivity contribution in [3.63, 3.8) is 0 Å². The van der Waals surface area contributed by atoms with E-state index in [1.165, 1.54) is 28.4 Å². The molecule has 2 aromatic rings. The summed E-state index contributed by atoms with van der Waals surface area (Å²) in [6.45, 7) is -0.467. The van der Waals surface area contributed by atoms with Crippen LogP contribution < -0.4 is 18.9 Å². The van der Waals surface area contributed by atoms with Crippen LogP contribution in [0, 0.1) is 11.8 Å². The first-order chi connectivity index (χ1) is 18.7. The highest BCUT2D eigenvalue weighted by molar-refractivity contribution is 5.53. The number of aliphatic hydroxyl groups is 4. The third kappa shape index (κ3) is 7.15. The number of phenols is 2. The molecule has 6 N–H and O–H groups in total. The van der Waals surface area contributed by atoms with Gasteiger partial charge in [0.1, 0.15) is 18.3 Å². The summed E-state index contributed by atoms with van der Waals surface area (Å²) < 4.78 is 32.3. The van der Waals surface area contributed by atoms with E-state index in [9.17, 15) is 30.6 Å². The van der Waals surface area contributed by atoms with E-state index >= 15 is 0 Å². The minimum Gasteiger partial charge on any atom is -0.502 e. The summed E-state index contributed by atoms with van der Waals surface area (Å²) in [7, 11) is 5.68. The Morgan fingerprint density at radius 3 is 1.59 bits per heavy atom. The SMILES string of the molecule is COc1cc(C[C@@H](CO)[C@H](COC2OC[C@@H](O)[C@H](O)[C@H]2O)Cc2cc(OC)c(O)c(OC)c2)cc(OC)c1O. The zero-order valence-electron chi connectivity index (χ0n) is 22.4. The molecule has 0 bridgehead atoms. The van der Waals surface area contributed by atoms with Crippen LogP contribution in [0.1, 0.15) is 11.1 Å². The number of ether oxygens (including phenoxy) is 6. The molecule has 2 aromatic carbocycles. The molecule has 12 nitrogen and oxygen atoms in total. The Balaban J connectivity index is 1.91. The first kappa shape index (κ1) is 30.5. The number of methoxy groups -OCH3 is 4. The summed E-state index contributed by atoms with van der Waals surface area (Å²) >= 11 is 0. The van der Waals surface area contributed by atoms with E-state index in [2.05, 4.69) is 0 Å². The second kappa shape index (κ2) is 13.9. The number of aromatic hydroxyl groups is 2. The van der Waals surface area contributed by atoms with Gasteiger partial charge in [-0.2, -0.15) is 0 Å². The maximum absolute atomic E-state index is 10.4. The molecule has 1 fully saturated rings. The molecule has 39 heavy (non-hydrogen) atoms. The molecule has 12 heteroatoms. The predicted octanol–water partition coefficient (Wildman–Crippen LogP) is 0.598. The first-order valence-electron chi connectivity index (χ1n) is 12.4. The van der Waals surface area contributed by atoms with E-state index in [1.807, 2.05) is 0 Å². The van der Waals surface area contributed by atoms with Crippen molar-refractivity contribution >= 4 is 0 Å². The maximum atomic E-state index is 10.4. The van der Waals surface area contributed by atoms with Crippen LogP contribution in [0.5, 0.6) is 34.5 Å². The Bertz CT molecular complexity index is 1030. The highest BCUT2D eigenvalue weighted by Gasteiger charge is 2.39. The van der Waals surface area contributed by atoms with Gasteiger partial charge in [0.2, 0.25) is 11.5 Å². The van der Waals surface area contributed by atoms with Crippen LogP contribution >= 0.6 is 0 Å². The van der Waals surface area contributed by atoms with Gasteiger partial charge in [-0.15, -0.1) is 0 Å². The molecule has 0 aliphatic carbocycles. The Labute approximate surface area is 226 Å². The Morgan fingerprint density at radius 1 is 0.744 bits per heavy atom. The molecule has 1 aliphatic rings. The average molecular weight is 555 g/mol. The Morgan fingerprint density at radius 2 is 1.18 bits per heavy atom. The number of phenolic OH excluding ortho intramolecular Hbond substituents is 2. The van der Waals surface area contributed by atoms with Gasteiger partial charge in [0.15, 0.2) is 29.3 Å². The zero-order valence-corrected chi connectivity index (χ0v) is 22.4. The minimum atomic E-state index is -1.47. The smallest absolute Gasteiger partial charge is 0.200 e. The zero-order chi connectivity index (χ0) is 28.7. The fraction of sp³-hybridized carbons (Fsp3) is 0.556. The quantitative estimate of drug-likeness (QED) is 0.204. The van der Waals surface area contributed by atoms with Gasteiger partial charge in [-0.1, -0.05) is 0 Å². The molecule has 0 amide bonds. The fourth-order valence-electron chi connectivity index (χ4n) is 4.62. The van der Waals surface area contributed by atoms with E-state index in [0.29, 0.717) is 12.8 Å². The molecule has 1 saturated heterocycles. The number of rotatable bonds is 13. The molecule has 0 saturated carbocycles. The van der Waals surface area contributed by atoms with Gasteiger partial charge >= 0.3 is 0 Å². The van der Waals surface area contributed by atoms with Gasteiger partial charge in [0.25, 0.3) is 0 Å². The lowest BCUT2D eigenvalue weighted by atomic mass is 9.83. The van der Waals surface area contributed by atoms with Gasteiger partial charge in [-0.05, 0) is 60.1 Å². The second-order valence-corrected chi connectivity index (χ2v) is 9.39. The summed E-state index contributed by atoms with van der Waals surface area (Å²) in [6.07, 6.45) is -4.67. The molecule has 6 atom stereocenters. The lowest BCUT2D eigenvalue weighted by Gasteiger charge is -2.36. The van der Waals surface area contributed by atoms with Crippen molar-refractivity contribution in [3.8, 4) is 34.5 Å². The van der Waals surface area contributed by atoms with Crippen LogP contribution in [0.15, 0.2) is 24.3 Å². The molecule has 218 valence electrons. The van der Waals surface area contributed by atoms with Gasteiger partial charge in [-0.25, -0.2) is 0 Å². The van der Waals surface area contributed by atoms with Crippen molar-refractivity contribution in [1.82, 2.24) is 0 Å². The normalized spacial score (nSPS) is 22.7. The van der Waals surface area contributed by atoms with Crippen LogP contribution in [0.25, 0.3) is 0 Å². The van der Waals surface area contributed by atoms with E-state index in [-0.39, 0.29) is 60.2 Å². The van der Waals surface area contributed by atoms with Crippen molar-refractivity contribution in [3.05, 3.63) is 35.4 Å². The van der Waals surface area contributed by atoms with E-state index in [1.54, 1.807) is 24.3 Å². The molecule has 1 unspecified atom stereocenters. The van der Waals surface area contributed by atoms with E-state index in [4.69, 9.17) is 28.4 Å². The highest BCUT2D eigenvalue weighted by Crippen LogP contribution is 2.40. The van der Waals surface area contributed by atoms with E-state index in [0.717, 1.165) is 11.1 Å². The average Bonchev–Trinajstić information content (AvgIpc) is 2.94. The van der Waals surface area contributed by atoms with Gasteiger partial charge in [0, 0.05) is 6.61 Å². The molecule has 0 spiro atoms. The second-order valence-electron chi connectivity index (χ2n) is 9.39. The maximum Gasteiger partial charge on any atom is 0.200 e. The molecule has 1 aliphatic heterocycles. The lowest BCUT2D eigenvalue weighted by Crippen LogP contribution is -2.54. The summed E-state index contributed by atoms with van der Waals surface area (Å²) in [6, 6.07) is 6.60. The molecular weight excluding hydrogens is 516 g/mol. The van der Waals surface area contributed by atoms with Crippen LogP contribution in [-0.4, -0.2) is 104 Å². The van der Waals surface area contributed by atoms with Crippen LogP contribution in [-0.2, 0) is 22.3 Å².